The first-order valence-corrected chi connectivity index (χ1v) is 9.21. The van der Waals surface area contributed by atoms with E-state index in [-0.39, 0.29) is 41.9 Å². The Labute approximate surface area is 190 Å². The lowest BCUT2D eigenvalue weighted by molar-refractivity contribution is -0.141. The van der Waals surface area contributed by atoms with Crippen molar-refractivity contribution in [2.24, 2.45) is 4.99 Å². The first kappa shape index (κ1) is 25.9. The molecule has 0 amide bonds. The summed E-state index contributed by atoms with van der Waals surface area (Å²) in [6.07, 6.45) is -1.74. The van der Waals surface area contributed by atoms with Crippen molar-refractivity contribution in [3.63, 3.8) is 0 Å². The minimum atomic E-state index is -4.50. The Balaban J connectivity index is 0.00000450. The number of aromatic nitrogens is 3. The fourth-order valence-corrected chi connectivity index (χ4v) is 2.18. The maximum absolute atomic E-state index is 12.7. The van der Waals surface area contributed by atoms with E-state index in [9.17, 15) is 13.2 Å². The van der Waals surface area contributed by atoms with Crippen LogP contribution in [0.25, 0.3) is 0 Å². The molecule has 8 nitrogen and oxygen atoms in total. The second-order valence-electron chi connectivity index (χ2n) is 7.18. The smallest absolute Gasteiger partial charge is 0.433 e. The van der Waals surface area contributed by atoms with Gasteiger partial charge in [-0.2, -0.15) is 13.2 Å². The minimum absolute atomic E-state index is 0. The van der Waals surface area contributed by atoms with Crippen molar-refractivity contribution >= 4 is 35.9 Å². The summed E-state index contributed by atoms with van der Waals surface area (Å²) in [4.78, 5) is 15.9. The molecule has 0 aliphatic heterocycles. The second kappa shape index (κ2) is 11.3. The van der Waals surface area contributed by atoms with Crippen molar-refractivity contribution in [3.05, 3.63) is 35.8 Å². The summed E-state index contributed by atoms with van der Waals surface area (Å²) in [6.45, 7) is 9.64. The maximum atomic E-state index is 12.7. The zero-order valence-corrected chi connectivity index (χ0v) is 19.6. The van der Waals surface area contributed by atoms with Crippen molar-refractivity contribution in [1.29, 1.82) is 0 Å². The van der Waals surface area contributed by atoms with E-state index in [0.29, 0.717) is 31.5 Å². The highest BCUT2D eigenvalue weighted by Crippen LogP contribution is 2.27. The fraction of sp³-hybridized carbons (Fsp3) is 0.556. The number of nitrogens with zero attached hydrogens (tertiary/aromatic N) is 4. The quantitative estimate of drug-likeness (QED) is 0.213. The number of oxazole rings is 1. The summed E-state index contributed by atoms with van der Waals surface area (Å²) < 4.78 is 43.7. The molecular weight excluding hydrogens is 514 g/mol. The van der Waals surface area contributed by atoms with E-state index in [2.05, 4.69) is 35.9 Å². The molecule has 12 heteroatoms. The summed E-state index contributed by atoms with van der Waals surface area (Å²) >= 11 is 0. The number of hydrogen-bond donors (Lipinski definition) is 3. The number of nitrogens with one attached hydrogen (secondary N) is 3. The molecule has 0 fully saturated rings. The summed E-state index contributed by atoms with van der Waals surface area (Å²) in [5.41, 5.74) is -1.12. The van der Waals surface area contributed by atoms with Crippen LogP contribution in [0.3, 0.4) is 0 Å². The summed E-state index contributed by atoms with van der Waals surface area (Å²) in [5.74, 6) is 1.74. The second-order valence-corrected chi connectivity index (χ2v) is 7.18. The number of hydrogen-bond acceptors (Lipinski definition) is 6. The lowest BCUT2D eigenvalue weighted by atomic mass is 9.94. The van der Waals surface area contributed by atoms with Crippen molar-refractivity contribution in [2.75, 3.05) is 25.0 Å². The highest BCUT2D eigenvalue weighted by molar-refractivity contribution is 14.0. The van der Waals surface area contributed by atoms with Crippen LogP contribution in [0, 0.1) is 0 Å². The van der Waals surface area contributed by atoms with Crippen LogP contribution in [0.2, 0.25) is 0 Å². The Hall–Kier alpha value is -2.12. The Morgan fingerprint density at radius 1 is 1.13 bits per heavy atom. The number of aliphatic imine (C=N–C) groups is 1. The number of guanidine groups is 1. The molecule has 2 aromatic heterocycles. The molecule has 0 aliphatic carbocycles. The van der Waals surface area contributed by atoms with Crippen LogP contribution in [0.4, 0.5) is 19.1 Å². The van der Waals surface area contributed by atoms with Crippen LogP contribution in [0.1, 0.15) is 45.0 Å². The van der Waals surface area contributed by atoms with Crippen LogP contribution in [0.15, 0.2) is 27.9 Å². The predicted octanol–water partition coefficient (Wildman–Crippen LogP) is 3.57. The van der Waals surface area contributed by atoms with Crippen LogP contribution >= 0.6 is 24.0 Å². The number of halogens is 4. The van der Waals surface area contributed by atoms with E-state index in [1.54, 1.807) is 6.20 Å². The highest BCUT2D eigenvalue weighted by Gasteiger charge is 2.32. The monoisotopic (exact) mass is 541 g/mol. The lowest BCUT2D eigenvalue weighted by Crippen LogP contribution is -2.39. The van der Waals surface area contributed by atoms with Gasteiger partial charge in [0.2, 0.25) is 11.8 Å². The summed E-state index contributed by atoms with van der Waals surface area (Å²) in [7, 11) is 0. The predicted molar refractivity (Wildman–Crippen MR) is 119 cm³/mol. The summed E-state index contributed by atoms with van der Waals surface area (Å²) in [6, 6.07) is 0.826. The van der Waals surface area contributed by atoms with Gasteiger partial charge in [0.05, 0.1) is 6.20 Å². The van der Waals surface area contributed by atoms with E-state index in [4.69, 9.17) is 4.42 Å². The molecule has 0 bridgehead atoms. The van der Waals surface area contributed by atoms with Crippen LogP contribution < -0.4 is 16.0 Å². The van der Waals surface area contributed by atoms with Gasteiger partial charge in [-0.15, -0.1) is 24.0 Å². The first-order chi connectivity index (χ1) is 13.6. The Morgan fingerprint density at radius 2 is 1.87 bits per heavy atom. The molecule has 0 spiro atoms. The van der Waals surface area contributed by atoms with Gasteiger partial charge in [0, 0.05) is 31.2 Å². The van der Waals surface area contributed by atoms with Gasteiger partial charge in [-0.05, 0) is 13.0 Å². The van der Waals surface area contributed by atoms with Crippen molar-refractivity contribution in [1.82, 2.24) is 25.6 Å². The molecule has 168 valence electrons. The molecule has 2 heterocycles. The van der Waals surface area contributed by atoms with E-state index in [1.165, 1.54) is 0 Å². The normalized spacial score (nSPS) is 12.3. The lowest BCUT2D eigenvalue weighted by Gasteiger charge is -2.13. The third-order valence-corrected chi connectivity index (χ3v) is 3.66. The van der Waals surface area contributed by atoms with E-state index >= 15 is 0 Å². The maximum Gasteiger partial charge on any atom is 0.433 e. The molecule has 0 unspecified atom stereocenters. The number of alkyl halides is 3. The molecule has 2 rings (SSSR count). The molecule has 0 saturated heterocycles. The van der Waals surface area contributed by atoms with Crippen LogP contribution in [-0.4, -0.2) is 40.5 Å². The topological polar surface area (TPSA) is 100 Å². The van der Waals surface area contributed by atoms with Crippen molar-refractivity contribution < 1.29 is 17.6 Å². The molecule has 0 saturated carbocycles. The van der Waals surface area contributed by atoms with Gasteiger partial charge in [0.1, 0.15) is 18.0 Å². The van der Waals surface area contributed by atoms with Gasteiger partial charge in [-0.25, -0.2) is 19.9 Å². The zero-order chi connectivity index (χ0) is 21.5. The van der Waals surface area contributed by atoms with E-state index in [1.807, 2.05) is 27.7 Å². The Bertz CT molecular complexity index is 819. The van der Waals surface area contributed by atoms with Gasteiger partial charge in [0.25, 0.3) is 0 Å². The highest BCUT2D eigenvalue weighted by atomic mass is 127. The third-order valence-electron chi connectivity index (χ3n) is 3.66. The van der Waals surface area contributed by atoms with Gasteiger partial charge in [-0.3, -0.25) is 0 Å². The Kier molecular flexibility index (Phi) is 9.78. The molecular formula is C18H27F3IN7O. The number of anilines is 1. The molecule has 0 aromatic carbocycles. The fourth-order valence-electron chi connectivity index (χ4n) is 2.18. The van der Waals surface area contributed by atoms with Gasteiger partial charge in [-0.1, -0.05) is 20.8 Å². The van der Waals surface area contributed by atoms with Gasteiger partial charge < -0.3 is 20.4 Å². The zero-order valence-electron chi connectivity index (χ0n) is 17.3. The molecule has 0 radical (unpaired) electrons. The largest absolute Gasteiger partial charge is 0.443 e. The number of rotatable bonds is 7. The molecule has 2 aromatic rings. The third kappa shape index (κ3) is 8.32. The molecule has 0 aliphatic rings. The van der Waals surface area contributed by atoms with E-state index in [0.717, 1.165) is 18.0 Å². The molecule has 30 heavy (non-hydrogen) atoms. The van der Waals surface area contributed by atoms with Gasteiger partial charge in [0.15, 0.2) is 5.96 Å². The van der Waals surface area contributed by atoms with Crippen LogP contribution in [0.5, 0.6) is 0 Å². The average Bonchev–Trinajstić information content (AvgIpc) is 3.12. The summed E-state index contributed by atoms with van der Waals surface area (Å²) in [5, 5.41) is 8.90. The standard InChI is InChI=1S/C18H26F3N7O.HI/c1-5-22-15(27-11-14-26-10-13(29-14)17(2,3)4)24-8-9-25-16-23-7-6-12(28-16)18(19,20)21;/h6-7,10H,5,8-9,11H2,1-4H3,(H2,22,24,27)(H,23,25,28);1H. The SMILES string of the molecule is CCNC(=NCc1ncc(C(C)(C)C)o1)NCCNc1nccc(C(F)(F)F)n1.I. The minimum Gasteiger partial charge on any atom is -0.443 e. The first-order valence-electron chi connectivity index (χ1n) is 9.21. The molecule has 3 N–H and O–H groups in total. The van der Waals surface area contributed by atoms with E-state index < -0.39 is 11.9 Å². The van der Waals surface area contributed by atoms with Crippen LogP contribution in [-0.2, 0) is 18.1 Å². The van der Waals surface area contributed by atoms with Crippen molar-refractivity contribution in [2.45, 2.75) is 45.8 Å². The Morgan fingerprint density at radius 3 is 2.47 bits per heavy atom. The van der Waals surface area contributed by atoms with Crippen molar-refractivity contribution in [3.8, 4) is 0 Å². The van der Waals surface area contributed by atoms with Gasteiger partial charge >= 0.3 is 6.18 Å². The average molecular weight is 541 g/mol. The molecule has 0 atom stereocenters.